The maximum atomic E-state index is 12.7. The Morgan fingerprint density at radius 1 is 1.03 bits per heavy atom. The first-order chi connectivity index (χ1) is 15.2. The highest BCUT2D eigenvalue weighted by Crippen LogP contribution is 2.28. The number of para-hydroxylation sites is 2. The number of nitrogens with one attached hydrogen (secondary N) is 1. The van der Waals surface area contributed by atoms with Gasteiger partial charge in [-0.1, -0.05) is 42.5 Å². The number of piperazine rings is 1. The SMILES string of the molecule is COc1ccccc1N1CCN(C(=O)NCC2CN(Cc3ccccc3)CCO2)CC1. The van der Waals surface area contributed by atoms with Gasteiger partial charge in [-0.15, -0.1) is 0 Å². The minimum absolute atomic E-state index is 0.0107. The van der Waals surface area contributed by atoms with Crippen LogP contribution in [0.1, 0.15) is 5.56 Å². The molecule has 31 heavy (non-hydrogen) atoms. The number of methoxy groups -OCH3 is 1. The highest BCUT2D eigenvalue weighted by Gasteiger charge is 2.25. The van der Waals surface area contributed by atoms with E-state index in [1.807, 2.05) is 29.2 Å². The van der Waals surface area contributed by atoms with Gasteiger partial charge in [-0.2, -0.15) is 0 Å². The third kappa shape index (κ3) is 5.68. The largest absolute Gasteiger partial charge is 0.495 e. The number of ether oxygens (including phenoxy) is 2. The Labute approximate surface area is 184 Å². The Hall–Kier alpha value is -2.77. The summed E-state index contributed by atoms with van der Waals surface area (Å²) < 4.78 is 11.4. The van der Waals surface area contributed by atoms with E-state index in [1.54, 1.807) is 7.11 Å². The van der Waals surface area contributed by atoms with Gasteiger partial charge in [0.05, 0.1) is 25.5 Å². The summed E-state index contributed by atoms with van der Waals surface area (Å²) in [5.74, 6) is 0.870. The summed E-state index contributed by atoms with van der Waals surface area (Å²) in [4.78, 5) is 19.2. The first-order valence-electron chi connectivity index (χ1n) is 11.0. The second-order valence-corrected chi connectivity index (χ2v) is 8.05. The molecule has 166 valence electrons. The van der Waals surface area contributed by atoms with E-state index in [1.165, 1.54) is 5.56 Å². The van der Waals surface area contributed by atoms with Crippen molar-refractivity contribution in [3.8, 4) is 5.75 Å². The summed E-state index contributed by atoms with van der Waals surface area (Å²) in [5, 5.41) is 3.08. The minimum atomic E-state index is -0.0107. The first kappa shape index (κ1) is 21.5. The maximum Gasteiger partial charge on any atom is 0.317 e. The lowest BCUT2D eigenvalue weighted by Crippen LogP contribution is -2.54. The summed E-state index contributed by atoms with van der Waals surface area (Å²) in [6.45, 7) is 6.87. The number of amides is 2. The molecule has 2 aromatic carbocycles. The molecule has 0 saturated carbocycles. The molecule has 1 atom stereocenters. The predicted molar refractivity (Wildman–Crippen MR) is 122 cm³/mol. The zero-order chi connectivity index (χ0) is 21.5. The van der Waals surface area contributed by atoms with Crippen LogP contribution in [0.3, 0.4) is 0 Å². The summed E-state index contributed by atoms with van der Waals surface area (Å²) in [6.07, 6.45) is 0.0243. The standard InChI is InChI=1S/C24H32N4O3/c1-30-23-10-6-5-9-22(23)27-11-13-28(14-12-27)24(29)25-17-21-19-26(15-16-31-21)18-20-7-3-2-4-8-20/h2-10,21H,11-19H2,1H3,(H,25,29). The molecule has 2 fully saturated rings. The molecular formula is C24H32N4O3. The van der Waals surface area contributed by atoms with Gasteiger partial charge in [0.15, 0.2) is 0 Å². The molecule has 1 unspecified atom stereocenters. The highest BCUT2D eigenvalue weighted by molar-refractivity contribution is 5.74. The van der Waals surface area contributed by atoms with Gasteiger partial charge in [-0.25, -0.2) is 4.79 Å². The molecule has 2 aliphatic rings. The fourth-order valence-electron chi connectivity index (χ4n) is 4.24. The molecule has 7 nitrogen and oxygen atoms in total. The number of rotatable bonds is 6. The molecule has 2 aliphatic heterocycles. The molecular weight excluding hydrogens is 392 g/mol. The van der Waals surface area contributed by atoms with E-state index >= 15 is 0 Å². The van der Waals surface area contributed by atoms with E-state index in [9.17, 15) is 4.79 Å². The van der Waals surface area contributed by atoms with Crippen LogP contribution in [0, 0.1) is 0 Å². The van der Waals surface area contributed by atoms with E-state index in [4.69, 9.17) is 9.47 Å². The van der Waals surface area contributed by atoms with Crippen molar-refractivity contribution in [2.45, 2.75) is 12.6 Å². The Kier molecular flexibility index (Phi) is 7.27. The van der Waals surface area contributed by atoms with Gasteiger partial charge in [-0.05, 0) is 17.7 Å². The van der Waals surface area contributed by atoms with E-state index < -0.39 is 0 Å². The highest BCUT2D eigenvalue weighted by atomic mass is 16.5. The fourth-order valence-corrected chi connectivity index (χ4v) is 4.24. The lowest BCUT2D eigenvalue weighted by Gasteiger charge is -2.37. The molecule has 2 heterocycles. The molecule has 2 amide bonds. The number of anilines is 1. The number of morpholine rings is 1. The molecule has 1 N–H and O–H groups in total. The van der Waals surface area contributed by atoms with Crippen LogP contribution in [0.25, 0.3) is 0 Å². The Morgan fingerprint density at radius 2 is 1.77 bits per heavy atom. The molecule has 0 aromatic heterocycles. The molecule has 0 radical (unpaired) electrons. The van der Waals surface area contributed by atoms with Crippen LogP contribution >= 0.6 is 0 Å². The van der Waals surface area contributed by atoms with Gasteiger partial charge in [0.25, 0.3) is 0 Å². The lowest BCUT2D eigenvalue weighted by molar-refractivity contribution is -0.0291. The fraction of sp³-hybridized carbons (Fsp3) is 0.458. The predicted octanol–water partition coefficient (Wildman–Crippen LogP) is 2.43. The van der Waals surface area contributed by atoms with Gasteiger partial charge in [0.2, 0.25) is 0 Å². The normalized spacial score (nSPS) is 19.8. The van der Waals surface area contributed by atoms with E-state index in [-0.39, 0.29) is 12.1 Å². The third-order valence-corrected chi connectivity index (χ3v) is 5.95. The van der Waals surface area contributed by atoms with E-state index in [2.05, 4.69) is 45.4 Å². The molecule has 0 aliphatic carbocycles. The average Bonchev–Trinajstić information content (AvgIpc) is 2.83. The number of carbonyl (C=O) groups excluding carboxylic acids is 1. The topological polar surface area (TPSA) is 57.3 Å². The van der Waals surface area contributed by atoms with Crippen molar-refractivity contribution in [3.05, 3.63) is 60.2 Å². The molecule has 4 rings (SSSR count). The van der Waals surface area contributed by atoms with Crippen molar-refractivity contribution < 1.29 is 14.3 Å². The summed E-state index contributed by atoms with van der Waals surface area (Å²) in [5.41, 5.74) is 2.39. The van der Waals surface area contributed by atoms with E-state index in [0.717, 1.165) is 44.2 Å². The van der Waals surface area contributed by atoms with Gasteiger partial charge < -0.3 is 24.6 Å². The van der Waals surface area contributed by atoms with Crippen molar-refractivity contribution in [2.24, 2.45) is 0 Å². The summed E-state index contributed by atoms with van der Waals surface area (Å²) >= 11 is 0. The zero-order valence-corrected chi connectivity index (χ0v) is 18.2. The number of nitrogens with zero attached hydrogens (tertiary/aromatic N) is 3. The van der Waals surface area contributed by atoms with Gasteiger partial charge in [0.1, 0.15) is 5.75 Å². The van der Waals surface area contributed by atoms with Crippen LogP contribution in [0.5, 0.6) is 5.75 Å². The maximum absolute atomic E-state index is 12.7. The van der Waals surface area contributed by atoms with Crippen molar-refractivity contribution in [1.82, 2.24) is 15.1 Å². The molecule has 2 aromatic rings. The van der Waals surface area contributed by atoms with Crippen molar-refractivity contribution in [3.63, 3.8) is 0 Å². The van der Waals surface area contributed by atoms with Crippen LogP contribution in [0.4, 0.5) is 10.5 Å². The number of hydrogen-bond donors (Lipinski definition) is 1. The first-order valence-corrected chi connectivity index (χ1v) is 11.0. The van der Waals surface area contributed by atoms with Gasteiger partial charge in [-0.3, -0.25) is 4.90 Å². The third-order valence-electron chi connectivity index (χ3n) is 5.95. The van der Waals surface area contributed by atoms with Gasteiger partial charge >= 0.3 is 6.03 Å². The quantitative estimate of drug-likeness (QED) is 0.772. The van der Waals surface area contributed by atoms with Crippen LogP contribution in [-0.2, 0) is 11.3 Å². The smallest absolute Gasteiger partial charge is 0.317 e. The summed E-state index contributed by atoms with van der Waals surface area (Å²) in [6, 6.07) is 18.5. The van der Waals surface area contributed by atoms with Crippen molar-refractivity contribution in [1.29, 1.82) is 0 Å². The Balaban J connectivity index is 1.21. The van der Waals surface area contributed by atoms with E-state index in [0.29, 0.717) is 26.2 Å². The zero-order valence-electron chi connectivity index (χ0n) is 18.2. The molecule has 2 saturated heterocycles. The summed E-state index contributed by atoms with van der Waals surface area (Å²) in [7, 11) is 1.69. The van der Waals surface area contributed by atoms with Crippen molar-refractivity contribution >= 4 is 11.7 Å². The Bertz CT molecular complexity index is 840. The number of carbonyl (C=O) groups is 1. The van der Waals surface area contributed by atoms with Crippen LogP contribution in [0.15, 0.2) is 54.6 Å². The number of hydrogen-bond acceptors (Lipinski definition) is 5. The average molecular weight is 425 g/mol. The van der Waals surface area contributed by atoms with Crippen molar-refractivity contribution in [2.75, 3.05) is 64.4 Å². The van der Waals surface area contributed by atoms with Crippen LogP contribution in [-0.4, -0.2) is 81.5 Å². The van der Waals surface area contributed by atoms with Crippen LogP contribution in [0.2, 0.25) is 0 Å². The van der Waals surface area contributed by atoms with Gasteiger partial charge in [0, 0.05) is 52.4 Å². The molecule has 0 spiro atoms. The lowest BCUT2D eigenvalue weighted by atomic mass is 10.2. The number of benzene rings is 2. The second-order valence-electron chi connectivity index (χ2n) is 8.05. The van der Waals surface area contributed by atoms with Crippen LogP contribution < -0.4 is 15.0 Å². The second kappa shape index (κ2) is 10.5. The minimum Gasteiger partial charge on any atom is -0.495 e. The molecule has 7 heteroatoms. The monoisotopic (exact) mass is 424 g/mol. The molecule has 0 bridgehead atoms. The Morgan fingerprint density at radius 3 is 2.55 bits per heavy atom. The number of urea groups is 1.